The highest BCUT2D eigenvalue weighted by molar-refractivity contribution is 9.11. The van der Waals surface area contributed by atoms with Crippen LogP contribution in [0.4, 0.5) is 0 Å². The SMILES string of the molecule is CCC(N)C(Sc1nnnn1C)c1ccc(Br)s1. The minimum Gasteiger partial charge on any atom is -0.326 e. The summed E-state index contributed by atoms with van der Waals surface area (Å²) in [6.45, 7) is 2.09. The molecule has 0 aliphatic rings. The molecule has 0 saturated heterocycles. The van der Waals surface area contributed by atoms with Crippen molar-refractivity contribution in [2.45, 2.75) is 29.8 Å². The number of nitrogens with two attached hydrogens (primary N) is 1. The molecule has 0 bridgehead atoms. The van der Waals surface area contributed by atoms with Crippen molar-refractivity contribution in [3.8, 4) is 0 Å². The Kier molecular flexibility index (Phi) is 4.77. The first kappa shape index (κ1) is 14.0. The summed E-state index contributed by atoms with van der Waals surface area (Å²) in [5.41, 5.74) is 6.22. The maximum atomic E-state index is 6.22. The van der Waals surface area contributed by atoms with Gasteiger partial charge in [0, 0.05) is 18.0 Å². The Morgan fingerprint density at radius 1 is 1.56 bits per heavy atom. The number of aryl methyl sites for hydroxylation is 1. The second kappa shape index (κ2) is 6.14. The van der Waals surface area contributed by atoms with Crippen LogP contribution in [0.15, 0.2) is 21.1 Å². The Morgan fingerprint density at radius 2 is 2.33 bits per heavy atom. The van der Waals surface area contributed by atoms with E-state index >= 15 is 0 Å². The second-order valence-electron chi connectivity index (χ2n) is 3.84. The molecule has 2 N–H and O–H groups in total. The molecule has 2 atom stereocenters. The predicted octanol–water partition coefficient (Wildman–Crippen LogP) is 2.60. The molecule has 0 aliphatic carbocycles. The summed E-state index contributed by atoms with van der Waals surface area (Å²) >= 11 is 6.80. The molecule has 2 heterocycles. The number of halogens is 1. The highest BCUT2D eigenvalue weighted by atomic mass is 79.9. The molecule has 0 saturated carbocycles. The summed E-state index contributed by atoms with van der Waals surface area (Å²) in [7, 11) is 1.83. The zero-order chi connectivity index (χ0) is 13.1. The van der Waals surface area contributed by atoms with Gasteiger partial charge >= 0.3 is 0 Å². The molecule has 0 amide bonds. The molecule has 98 valence electrons. The number of hydrogen-bond acceptors (Lipinski definition) is 6. The summed E-state index contributed by atoms with van der Waals surface area (Å²) in [6.07, 6.45) is 0.915. The van der Waals surface area contributed by atoms with Crippen LogP contribution in [0.25, 0.3) is 0 Å². The number of hydrogen-bond donors (Lipinski definition) is 1. The highest BCUT2D eigenvalue weighted by Crippen LogP contribution is 2.40. The Morgan fingerprint density at radius 3 is 2.83 bits per heavy atom. The van der Waals surface area contributed by atoms with E-state index in [1.165, 1.54) is 4.88 Å². The predicted molar refractivity (Wildman–Crippen MR) is 77.7 cm³/mol. The van der Waals surface area contributed by atoms with Crippen LogP contribution in [0, 0.1) is 0 Å². The molecule has 2 aromatic heterocycles. The van der Waals surface area contributed by atoms with Crippen LogP contribution in [0.1, 0.15) is 23.5 Å². The molecular weight excluding hydrogens is 334 g/mol. The fraction of sp³-hybridized carbons (Fsp3) is 0.500. The van der Waals surface area contributed by atoms with E-state index in [2.05, 4.69) is 44.4 Å². The lowest BCUT2D eigenvalue weighted by Gasteiger charge is -2.20. The lowest BCUT2D eigenvalue weighted by Crippen LogP contribution is -2.25. The van der Waals surface area contributed by atoms with Gasteiger partial charge in [0.1, 0.15) is 0 Å². The molecule has 0 fully saturated rings. The Bertz CT molecular complexity index is 512. The Balaban J connectivity index is 2.23. The Labute approximate surface area is 122 Å². The minimum absolute atomic E-state index is 0.0808. The summed E-state index contributed by atoms with van der Waals surface area (Å²) < 4.78 is 2.78. The molecule has 2 unspecified atom stereocenters. The van der Waals surface area contributed by atoms with Gasteiger partial charge in [0.15, 0.2) is 0 Å². The summed E-state index contributed by atoms with van der Waals surface area (Å²) in [6, 6.07) is 4.23. The molecule has 0 spiro atoms. The van der Waals surface area contributed by atoms with Gasteiger partial charge in [-0.2, -0.15) is 0 Å². The van der Waals surface area contributed by atoms with E-state index in [1.807, 2.05) is 13.1 Å². The van der Waals surface area contributed by atoms with Crippen molar-refractivity contribution in [3.05, 3.63) is 20.8 Å². The highest BCUT2D eigenvalue weighted by Gasteiger charge is 2.23. The van der Waals surface area contributed by atoms with E-state index in [0.717, 1.165) is 15.4 Å². The van der Waals surface area contributed by atoms with E-state index in [4.69, 9.17) is 5.73 Å². The number of aromatic nitrogens is 4. The molecule has 0 radical (unpaired) electrons. The maximum Gasteiger partial charge on any atom is 0.209 e. The van der Waals surface area contributed by atoms with Crippen LogP contribution >= 0.6 is 39.0 Å². The lowest BCUT2D eigenvalue weighted by molar-refractivity contribution is 0.629. The van der Waals surface area contributed by atoms with Gasteiger partial charge in [-0.15, -0.1) is 16.4 Å². The minimum atomic E-state index is 0.0808. The van der Waals surface area contributed by atoms with Crippen molar-refractivity contribution in [3.63, 3.8) is 0 Å². The van der Waals surface area contributed by atoms with Gasteiger partial charge in [0.05, 0.1) is 9.04 Å². The molecule has 0 aliphatic heterocycles. The zero-order valence-electron chi connectivity index (χ0n) is 10.1. The molecule has 18 heavy (non-hydrogen) atoms. The van der Waals surface area contributed by atoms with Crippen LogP contribution < -0.4 is 5.73 Å². The second-order valence-corrected chi connectivity index (χ2v) is 7.44. The average Bonchev–Trinajstić information content (AvgIpc) is 2.94. The normalized spacial score (nSPS) is 14.7. The van der Waals surface area contributed by atoms with Crippen LogP contribution in [0.5, 0.6) is 0 Å². The number of nitrogens with zero attached hydrogens (tertiary/aromatic N) is 4. The largest absolute Gasteiger partial charge is 0.326 e. The lowest BCUT2D eigenvalue weighted by atomic mass is 10.1. The van der Waals surface area contributed by atoms with E-state index in [1.54, 1.807) is 27.8 Å². The van der Waals surface area contributed by atoms with Crippen molar-refractivity contribution >= 4 is 39.0 Å². The monoisotopic (exact) mass is 347 g/mol. The third-order valence-electron chi connectivity index (χ3n) is 2.55. The van der Waals surface area contributed by atoms with Crippen molar-refractivity contribution in [1.82, 2.24) is 20.2 Å². The van der Waals surface area contributed by atoms with E-state index in [0.29, 0.717) is 0 Å². The summed E-state index contributed by atoms with van der Waals surface area (Å²) in [5, 5.41) is 12.5. The van der Waals surface area contributed by atoms with Gasteiger partial charge in [-0.05, 0) is 44.9 Å². The van der Waals surface area contributed by atoms with E-state index in [9.17, 15) is 0 Å². The van der Waals surface area contributed by atoms with E-state index < -0.39 is 0 Å². The maximum absolute atomic E-state index is 6.22. The smallest absolute Gasteiger partial charge is 0.209 e. The van der Waals surface area contributed by atoms with Gasteiger partial charge in [-0.1, -0.05) is 18.7 Å². The molecule has 2 rings (SSSR count). The van der Waals surface area contributed by atoms with Gasteiger partial charge in [-0.3, -0.25) is 0 Å². The number of rotatable bonds is 5. The van der Waals surface area contributed by atoms with Gasteiger partial charge in [0.2, 0.25) is 5.16 Å². The number of thioether (sulfide) groups is 1. The van der Waals surface area contributed by atoms with Crippen molar-refractivity contribution < 1.29 is 0 Å². The van der Waals surface area contributed by atoms with Crippen molar-refractivity contribution in [2.24, 2.45) is 12.8 Å². The summed E-state index contributed by atoms with van der Waals surface area (Å²) in [4.78, 5) is 1.24. The van der Waals surface area contributed by atoms with Crippen LogP contribution in [-0.2, 0) is 7.05 Å². The third kappa shape index (κ3) is 3.11. The van der Waals surface area contributed by atoms with Gasteiger partial charge < -0.3 is 5.73 Å². The van der Waals surface area contributed by atoms with Crippen molar-refractivity contribution in [2.75, 3.05) is 0 Å². The molecule has 2 aromatic rings. The molecular formula is C10H14BrN5S2. The first-order valence-corrected chi connectivity index (χ1v) is 8.00. The third-order valence-corrected chi connectivity index (χ3v) is 5.82. The van der Waals surface area contributed by atoms with Gasteiger partial charge in [0.25, 0.3) is 0 Å². The van der Waals surface area contributed by atoms with E-state index in [-0.39, 0.29) is 11.3 Å². The number of tetrazole rings is 1. The molecule has 5 nitrogen and oxygen atoms in total. The average molecular weight is 348 g/mol. The first-order chi connectivity index (χ1) is 8.61. The van der Waals surface area contributed by atoms with Crippen LogP contribution in [0.2, 0.25) is 0 Å². The fourth-order valence-electron chi connectivity index (χ4n) is 1.49. The van der Waals surface area contributed by atoms with Crippen LogP contribution in [-0.4, -0.2) is 26.2 Å². The molecule has 0 aromatic carbocycles. The Hall–Kier alpha value is -0.440. The number of thiophene rings is 1. The quantitative estimate of drug-likeness (QED) is 0.841. The standard InChI is InChI=1S/C10H14BrN5S2/c1-3-6(12)9(7-4-5-8(11)17-7)18-10-13-14-15-16(10)2/h4-6,9H,3,12H2,1-2H3. The molecule has 8 heteroatoms. The topological polar surface area (TPSA) is 69.6 Å². The van der Waals surface area contributed by atoms with Gasteiger partial charge in [-0.25, -0.2) is 4.68 Å². The first-order valence-electron chi connectivity index (χ1n) is 5.51. The fourth-order valence-corrected chi connectivity index (χ4v) is 4.32. The summed E-state index contributed by atoms with van der Waals surface area (Å²) in [5.74, 6) is 0. The van der Waals surface area contributed by atoms with Crippen LogP contribution in [0.3, 0.4) is 0 Å². The van der Waals surface area contributed by atoms with Crippen molar-refractivity contribution in [1.29, 1.82) is 0 Å². The zero-order valence-corrected chi connectivity index (χ0v) is 13.3.